The lowest BCUT2D eigenvalue weighted by Crippen LogP contribution is -2.46. The molecule has 0 aromatic carbocycles. The zero-order valence-corrected chi connectivity index (χ0v) is 10.4. The van der Waals surface area contributed by atoms with E-state index in [-0.39, 0.29) is 11.4 Å². The van der Waals surface area contributed by atoms with Crippen LogP contribution in [0, 0.1) is 11.8 Å². The molecule has 2 N–H and O–H groups in total. The Labute approximate surface area is 93.0 Å². The van der Waals surface area contributed by atoms with Gasteiger partial charge in [-0.2, -0.15) is 0 Å². The van der Waals surface area contributed by atoms with Crippen LogP contribution in [0.15, 0.2) is 0 Å². The number of carbonyl (C=O) groups excluding carboxylic acids is 1. The first-order valence-corrected chi connectivity index (χ1v) is 5.86. The van der Waals surface area contributed by atoms with Gasteiger partial charge in [0, 0.05) is 25.0 Å². The highest BCUT2D eigenvalue weighted by Gasteiger charge is 2.28. The molecule has 1 amide bonds. The SMILES string of the molecule is CC1CCN(C(=O)CC(C)(C)N)CC1C. The number of rotatable bonds is 2. The van der Waals surface area contributed by atoms with Crippen LogP contribution in [0.2, 0.25) is 0 Å². The minimum atomic E-state index is -0.386. The lowest BCUT2D eigenvalue weighted by atomic mass is 9.88. The van der Waals surface area contributed by atoms with Crippen molar-refractivity contribution in [2.45, 2.75) is 46.1 Å². The van der Waals surface area contributed by atoms with Gasteiger partial charge in [-0.1, -0.05) is 13.8 Å². The van der Waals surface area contributed by atoms with Crippen LogP contribution in [0.5, 0.6) is 0 Å². The average molecular weight is 212 g/mol. The summed E-state index contributed by atoms with van der Waals surface area (Å²) in [5.41, 5.74) is 5.47. The largest absolute Gasteiger partial charge is 0.342 e. The molecular formula is C12H24N2O. The van der Waals surface area contributed by atoms with Gasteiger partial charge >= 0.3 is 0 Å². The molecule has 15 heavy (non-hydrogen) atoms. The molecule has 1 aliphatic heterocycles. The molecule has 0 radical (unpaired) electrons. The summed E-state index contributed by atoms with van der Waals surface area (Å²) in [6.07, 6.45) is 1.58. The molecule has 88 valence electrons. The molecule has 2 unspecified atom stereocenters. The Morgan fingerprint density at radius 2 is 2.00 bits per heavy atom. The molecule has 1 aliphatic rings. The molecule has 2 atom stereocenters. The van der Waals surface area contributed by atoms with Crippen molar-refractivity contribution in [1.82, 2.24) is 4.90 Å². The Morgan fingerprint density at radius 3 is 2.47 bits per heavy atom. The van der Waals surface area contributed by atoms with Crippen LogP contribution in [0.1, 0.15) is 40.5 Å². The van der Waals surface area contributed by atoms with Crippen molar-refractivity contribution in [2.24, 2.45) is 17.6 Å². The molecule has 0 bridgehead atoms. The van der Waals surface area contributed by atoms with Gasteiger partial charge in [0.2, 0.25) is 5.91 Å². The highest BCUT2D eigenvalue weighted by Crippen LogP contribution is 2.23. The summed E-state index contributed by atoms with van der Waals surface area (Å²) in [6.45, 7) is 10.1. The van der Waals surface area contributed by atoms with Crippen molar-refractivity contribution in [2.75, 3.05) is 13.1 Å². The molecule has 0 saturated carbocycles. The van der Waals surface area contributed by atoms with Crippen LogP contribution < -0.4 is 5.73 Å². The van der Waals surface area contributed by atoms with E-state index in [0.717, 1.165) is 25.4 Å². The Balaban J connectivity index is 2.48. The minimum Gasteiger partial charge on any atom is -0.342 e. The van der Waals surface area contributed by atoms with E-state index in [4.69, 9.17) is 5.73 Å². The zero-order chi connectivity index (χ0) is 11.6. The Hall–Kier alpha value is -0.570. The first-order chi connectivity index (χ1) is 6.79. The summed E-state index contributed by atoms with van der Waals surface area (Å²) in [6, 6.07) is 0. The topological polar surface area (TPSA) is 46.3 Å². The van der Waals surface area contributed by atoms with Gasteiger partial charge in [0.25, 0.3) is 0 Å². The molecular weight excluding hydrogens is 188 g/mol. The van der Waals surface area contributed by atoms with E-state index in [1.165, 1.54) is 0 Å². The molecule has 0 aromatic rings. The van der Waals surface area contributed by atoms with Crippen LogP contribution in [-0.2, 0) is 4.79 Å². The molecule has 1 heterocycles. The standard InChI is InChI=1S/C12H24N2O/c1-9-5-6-14(8-10(9)2)11(15)7-12(3,4)13/h9-10H,5-8,13H2,1-4H3. The Morgan fingerprint density at radius 1 is 1.40 bits per heavy atom. The number of nitrogens with two attached hydrogens (primary N) is 1. The Kier molecular flexibility index (Phi) is 3.77. The minimum absolute atomic E-state index is 0.209. The van der Waals surface area contributed by atoms with Gasteiger partial charge in [-0.3, -0.25) is 4.79 Å². The highest BCUT2D eigenvalue weighted by molar-refractivity contribution is 5.77. The second-order valence-electron chi connectivity index (χ2n) is 5.75. The van der Waals surface area contributed by atoms with Crippen LogP contribution >= 0.6 is 0 Å². The van der Waals surface area contributed by atoms with Gasteiger partial charge in [0.1, 0.15) is 0 Å². The number of likely N-dealkylation sites (tertiary alicyclic amines) is 1. The highest BCUT2D eigenvalue weighted by atomic mass is 16.2. The summed E-state index contributed by atoms with van der Waals surface area (Å²) in [5.74, 6) is 1.56. The van der Waals surface area contributed by atoms with Crippen molar-refractivity contribution in [3.05, 3.63) is 0 Å². The predicted octanol–water partition coefficient (Wildman–Crippen LogP) is 1.62. The number of hydrogen-bond donors (Lipinski definition) is 1. The van der Waals surface area contributed by atoms with Gasteiger partial charge in [-0.25, -0.2) is 0 Å². The first kappa shape index (κ1) is 12.5. The molecule has 0 aromatic heterocycles. The number of amides is 1. The van der Waals surface area contributed by atoms with Crippen molar-refractivity contribution >= 4 is 5.91 Å². The molecule has 3 nitrogen and oxygen atoms in total. The van der Waals surface area contributed by atoms with Crippen molar-refractivity contribution in [1.29, 1.82) is 0 Å². The predicted molar refractivity (Wildman–Crippen MR) is 62.4 cm³/mol. The summed E-state index contributed by atoms with van der Waals surface area (Å²) >= 11 is 0. The number of carbonyl (C=O) groups is 1. The summed E-state index contributed by atoms with van der Waals surface area (Å²) < 4.78 is 0. The van der Waals surface area contributed by atoms with Gasteiger partial charge in [0.15, 0.2) is 0 Å². The van der Waals surface area contributed by atoms with Crippen LogP contribution in [0.4, 0.5) is 0 Å². The molecule has 3 heteroatoms. The van der Waals surface area contributed by atoms with Gasteiger partial charge < -0.3 is 10.6 Å². The molecule has 1 fully saturated rings. The van der Waals surface area contributed by atoms with Gasteiger partial charge in [0.05, 0.1) is 0 Å². The fourth-order valence-corrected chi connectivity index (χ4v) is 1.99. The maximum absolute atomic E-state index is 11.9. The number of nitrogens with zero attached hydrogens (tertiary/aromatic N) is 1. The fourth-order valence-electron chi connectivity index (χ4n) is 1.99. The molecule has 0 aliphatic carbocycles. The second-order valence-corrected chi connectivity index (χ2v) is 5.75. The summed E-state index contributed by atoms with van der Waals surface area (Å²) in [5, 5.41) is 0. The third kappa shape index (κ3) is 3.82. The van der Waals surface area contributed by atoms with Crippen LogP contribution in [0.3, 0.4) is 0 Å². The zero-order valence-electron chi connectivity index (χ0n) is 10.4. The molecule has 1 saturated heterocycles. The first-order valence-electron chi connectivity index (χ1n) is 5.86. The number of hydrogen-bond acceptors (Lipinski definition) is 2. The van der Waals surface area contributed by atoms with Gasteiger partial charge in [-0.05, 0) is 32.1 Å². The smallest absolute Gasteiger partial charge is 0.224 e. The summed E-state index contributed by atoms with van der Waals surface area (Å²) in [7, 11) is 0. The monoisotopic (exact) mass is 212 g/mol. The molecule has 0 spiro atoms. The average Bonchev–Trinajstić information content (AvgIpc) is 2.06. The van der Waals surface area contributed by atoms with E-state index >= 15 is 0 Å². The van der Waals surface area contributed by atoms with Gasteiger partial charge in [-0.15, -0.1) is 0 Å². The van der Waals surface area contributed by atoms with Crippen molar-refractivity contribution in [3.63, 3.8) is 0 Å². The lowest BCUT2D eigenvalue weighted by Gasteiger charge is -2.36. The van der Waals surface area contributed by atoms with Crippen LogP contribution in [0.25, 0.3) is 0 Å². The van der Waals surface area contributed by atoms with Crippen molar-refractivity contribution < 1.29 is 4.79 Å². The van der Waals surface area contributed by atoms with E-state index in [1.807, 2.05) is 18.7 Å². The third-order valence-electron chi connectivity index (χ3n) is 3.29. The van der Waals surface area contributed by atoms with E-state index in [2.05, 4.69) is 13.8 Å². The van der Waals surface area contributed by atoms with Crippen LogP contribution in [-0.4, -0.2) is 29.4 Å². The maximum atomic E-state index is 11.9. The number of piperidine rings is 1. The van der Waals surface area contributed by atoms with Crippen molar-refractivity contribution in [3.8, 4) is 0 Å². The van der Waals surface area contributed by atoms with E-state index in [0.29, 0.717) is 12.3 Å². The van der Waals surface area contributed by atoms with E-state index < -0.39 is 0 Å². The lowest BCUT2D eigenvalue weighted by molar-refractivity contribution is -0.134. The molecule has 1 rings (SSSR count). The quantitative estimate of drug-likeness (QED) is 0.756. The Bertz CT molecular complexity index is 232. The fraction of sp³-hybridized carbons (Fsp3) is 0.917. The normalized spacial score (nSPS) is 27.9. The second kappa shape index (κ2) is 4.52. The van der Waals surface area contributed by atoms with E-state index in [9.17, 15) is 4.79 Å². The summed E-state index contributed by atoms with van der Waals surface area (Å²) in [4.78, 5) is 13.9. The maximum Gasteiger partial charge on any atom is 0.224 e. The third-order valence-corrected chi connectivity index (χ3v) is 3.29. The van der Waals surface area contributed by atoms with E-state index in [1.54, 1.807) is 0 Å².